The van der Waals surface area contributed by atoms with Crippen LogP contribution in [-0.4, -0.2) is 0 Å². The third-order valence-electron chi connectivity index (χ3n) is 3.09. The summed E-state index contributed by atoms with van der Waals surface area (Å²) in [7, 11) is 0. The van der Waals surface area contributed by atoms with Crippen molar-refractivity contribution in [2.75, 3.05) is 0 Å². The minimum Gasteiger partial charge on any atom is -0.202 e. The lowest BCUT2D eigenvalue weighted by atomic mass is 9.77. The molecule has 0 fully saturated rings. The molecule has 0 nitrogen and oxygen atoms in total. The van der Waals surface area contributed by atoms with Gasteiger partial charge in [0.2, 0.25) is 0 Å². The first-order valence-corrected chi connectivity index (χ1v) is 6.12. The molecule has 0 atom stereocenters. The van der Waals surface area contributed by atoms with Crippen molar-refractivity contribution >= 4 is 0 Å². The minimum atomic E-state index is -2.75. The second-order valence-electron chi connectivity index (χ2n) is 5.95. The van der Waals surface area contributed by atoms with E-state index in [4.69, 9.17) is 0 Å². The lowest BCUT2D eigenvalue weighted by molar-refractivity contribution is 0.0174. The Morgan fingerprint density at radius 3 is 1.71 bits per heavy atom. The highest BCUT2D eigenvalue weighted by Gasteiger charge is 2.26. The van der Waals surface area contributed by atoms with Crippen LogP contribution in [-0.2, 0) is 11.3 Å². The second-order valence-corrected chi connectivity index (χ2v) is 5.95. The first-order valence-electron chi connectivity index (χ1n) is 6.12. The molecule has 0 amide bonds. The predicted molar refractivity (Wildman–Crippen MR) is 68.5 cm³/mol. The summed E-state index contributed by atoms with van der Waals surface area (Å²) in [6.45, 7) is 9.60. The largest absolute Gasteiger partial charge is 0.270 e. The molecule has 0 unspecified atom stereocenters. The molecule has 0 spiro atoms. The molecular formula is C15H22F2. The SMILES string of the molecule is CC(C)CC(C)(C)c1ccc(C(C)(F)F)cc1. The zero-order valence-electron chi connectivity index (χ0n) is 11.3. The fourth-order valence-electron chi connectivity index (χ4n) is 2.35. The van der Waals surface area contributed by atoms with Gasteiger partial charge < -0.3 is 0 Å². The van der Waals surface area contributed by atoms with Gasteiger partial charge in [-0.25, -0.2) is 8.78 Å². The van der Waals surface area contributed by atoms with Crippen LogP contribution in [0.4, 0.5) is 8.78 Å². The van der Waals surface area contributed by atoms with Crippen molar-refractivity contribution in [1.29, 1.82) is 0 Å². The van der Waals surface area contributed by atoms with E-state index >= 15 is 0 Å². The second kappa shape index (κ2) is 4.75. The van der Waals surface area contributed by atoms with Gasteiger partial charge in [0, 0.05) is 12.5 Å². The molecule has 1 rings (SSSR count). The van der Waals surface area contributed by atoms with Crippen molar-refractivity contribution in [2.24, 2.45) is 5.92 Å². The standard InChI is InChI=1S/C15H22F2/c1-11(2)10-14(3,4)12-6-8-13(9-7-12)15(5,16)17/h6-9,11H,10H2,1-5H3. The first kappa shape index (κ1) is 14.1. The van der Waals surface area contributed by atoms with E-state index in [-0.39, 0.29) is 11.0 Å². The van der Waals surface area contributed by atoms with Crippen LogP contribution in [0.15, 0.2) is 24.3 Å². The topological polar surface area (TPSA) is 0 Å². The number of hydrogen-bond acceptors (Lipinski definition) is 0. The van der Waals surface area contributed by atoms with E-state index in [0.29, 0.717) is 5.92 Å². The summed E-state index contributed by atoms with van der Waals surface area (Å²) in [5.74, 6) is -2.15. The Morgan fingerprint density at radius 1 is 0.941 bits per heavy atom. The highest BCUT2D eigenvalue weighted by Crippen LogP contribution is 2.33. The first-order chi connectivity index (χ1) is 7.63. The Bertz CT molecular complexity index is 356. The van der Waals surface area contributed by atoms with Crippen LogP contribution in [0, 0.1) is 5.92 Å². The molecule has 17 heavy (non-hydrogen) atoms. The van der Waals surface area contributed by atoms with Crippen LogP contribution < -0.4 is 0 Å². The van der Waals surface area contributed by atoms with Crippen molar-refractivity contribution < 1.29 is 8.78 Å². The zero-order chi connectivity index (χ0) is 13.3. The number of benzene rings is 1. The summed E-state index contributed by atoms with van der Waals surface area (Å²) in [6, 6.07) is 6.74. The average Bonchev–Trinajstić information content (AvgIpc) is 2.14. The predicted octanol–water partition coefficient (Wildman–Crippen LogP) is 5.12. The molecule has 1 aromatic carbocycles. The number of hydrogen-bond donors (Lipinski definition) is 0. The zero-order valence-corrected chi connectivity index (χ0v) is 11.3. The Morgan fingerprint density at radius 2 is 1.35 bits per heavy atom. The van der Waals surface area contributed by atoms with E-state index in [1.54, 1.807) is 0 Å². The number of halogens is 2. The molecule has 0 saturated carbocycles. The molecule has 1 aromatic rings. The third kappa shape index (κ3) is 3.79. The molecule has 0 aromatic heterocycles. The van der Waals surface area contributed by atoms with Crippen LogP contribution in [0.1, 0.15) is 52.2 Å². The van der Waals surface area contributed by atoms with Crippen molar-refractivity contribution in [3.63, 3.8) is 0 Å². The average molecular weight is 240 g/mol. The maximum Gasteiger partial charge on any atom is 0.270 e. The fourth-order valence-corrected chi connectivity index (χ4v) is 2.35. The van der Waals surface area contributed by atoms with E-state index in [1.807, 2.05) is 12.1 Å². The van der Waals surface area contributed by atoms with Crippen molar-refractivity contribution in [3.8, 4) is 0 Å². The molecule has 2 heteroatoms. The van der Waals surface area contributed by atoms with E-state index < -0.39 is 5.92 Å². The molecule has 0 aliphatic heterocycles. The molecule has 0 heterocycles. The minimum absolute atomic E-state index is 0.0374. The third-order valence-corrected chi connectivity index (χ3v) is 3.09. The van der Waals surface area contributed by atoms with Gasteiger partial charge in [-0.1, -0.05) is 52.0 Å². The number of alkyl halides is 2. The maximum atomic E-state index is 13.1. The Hall–Kier alpha value is -0.920. The summed E-state index contributed by atoms with van der Waals surface area (Å²) in [4.78, 5) is 0. The summed E-state index contributed by atoms with van der Waals surface area (Å²) in [5, 5.41) is 0. The van der Waals surface area contributed by atoms with Gasteiger partial charge >= 0.3 is 0 Å². The van der Waals surface area contributed by atoms with Crippen LogP contribution in [0.25, 0.3) is 0 Å². The van der Waals surface area contributed by atoms with Crippen LogP contribution in [0.3, 0.4) is 0 Å². The van der Waals surface area contributed by atoms with Gasteiger partial charge in [0.15, 0.2) is 0 Å². The van der Waals surface area contributed by atoms with E-state index in [1.165, 1.54) is 12.1 Å². The Kier molecular flexibility index (Phi) is 3.95. The molecular weight excluding hydrogens is 218 g/mol. The van der Waals surface area contributed by atoms with E-state index in [2.05, 4.69) is 27.7 Å². The van der Waals surface area contributed by atoms with Gasteiger partial charge in [0.1, 0.15) is 0 Å². The maximum absolute atomic E-state index is 13.1. The highest BCUT2D eigenvalue weighted by atomic mass is 19.3. The van der Waals surface area contributed by atoms with E-state index in [9.17, 15) is 8.78 Å². The summed E-state index contributed by atoms with van der Waals surface area (Å²) < 4.78 is 26.2. The molecule has 0 aliphatic carbocycles. The summed E-state index contributed by atoms with van der Waals surface area (Å²) in [6.07, 6.45) is 1.05. The van der Waals surface area contributed by atoms with E-state index in [0.717, 1.165) is 18.9 Å². The van der Waals surface area contributed by atoms with Gasteiger partial charge in [-0.05, 0) is 23.3 Å². The van der Waals surface area contributed by atoms with Crippen molar-refractivity contribution in [3.05, 3.63) is 35.4 Å². The van der Waals surface area contributed by atoms with Gasteiger partial charge in [-0.3, -0.25) is 0 Å². The highest BCUT2D eigenvalue weighted by molar-refractivity contribution is 5.30. The molecule has 0 radical (unpaired) electrons. The number of rotatable bonds is 4. The quantitative estimate of drug-likeness (QED) is 0.685. The summed E-state index contributed by atoms with van der Waals surface area (Å²) in [5.41, 5.74) is 1.25. The molecule has 0 N–H and O–H groups in total. The van der Waals surface area contributed by atoms with Crippen LogP contribution >= 0.6 is 0 Å². The van der Waals surface area contributed by atoms with Crippen molar-refractivity contribution in [1.82, 2.24) is 0 Å². The molecule has 96 valence electrons. The van der Waals surface area contributed by atoms with Gasteiger partial charge in [0.05, 0.1) is 0 Å². The molecule has 0 saturated heterocycles. The van der Waals surface area contributed by atoms with Crippen LogP contribution in [0.5, 0.6) is 0 Å². The fraction of sp³-hybridized carbons (Fsp3) is 0.600. The monoisotopic (exact) mass is 240 g/mol. The van der Waals surface area contributed by atoms with Crippen LogP contribution in [0.2, 0.25) is 0 Å². The normalized spacial score (nSPS) is 13.2. The van der Waals surface area contributed by atoms with Crippen molar-refractivity contribution in [2.45, 2.75) is 52.4 Å². The van der Waals surface area contributed by atoms with Gasteiger partial charge in [-0.15, -0.1) is 0 Å². The Balaban J connectivity index is 2.94. The van der Waals surface area contributed by atoms with Gasteiger partial charge in [0.25, 0.3) is 5.92 Å². The lowest BCUT2D eigenvalue weighted by Crippen LogP contribution is -2.20. The van der Waals surface area contributed by atoms with Gasteiger partial charge in [-0.2, -0.15) is 0 Å². The molecule has 0 bridgehead atoms. The smallest absolute Gasteiger partial charge is 0.202 e. The summed E-state index contributed by atoms with van der Waals surface area (Å²) >= 11 is 0. The Labute approximate surface area is 103 Å². The lowest BCUT2D eigenvalue weighted by Gasteiger charge is -2.27. The molecule has 0 aliphatic rings.